The molecule has 2 rings (SSSR count). The van der Waals surface area contributed by atoms with Crippen molar-refractivity contribution in [3.63, 3.8) is 0 Å². The second-order valence-electron chi connectivity index (χ2n) is 9.36. The van der Waals surface area contributed by atoms with E-state index in [0.29, 0.717) is 12.8 Å². The second-order valence-corrected chi connectivity index (χ2v) is 14.1. The lowest BCUT2D eigenvalue weighted by Gasteiger charge is -2.41. The molecule has 29 heavy (non-hydrogen) atoms. The molecule has 0 aromatic heterocycles. The number of hydrogen-bond acceptors (Lipinski definition) is 4. The number of ether oxygens (including phenoxy) is 1. The smallest absolute Gasteiger partial charge is 0.416 e. The summed E-state index contributed by atoms with van der Waals surface area (Å²) in [6.45, 7) is 16.8. The molecule has 6 heteroatoms. The Morgan fingerprint density at radius 1 is 1.34 bits per heavy atom. The molecule has 1 aromatic rings. The molecule has 0 aliphatic carbocycles. The Hall–Kier alpha value is -1.92. The molecule has 0 N–H and O–H groups in total. The van der Waals surface area contributed by atoms with Gasteiger partial charge in [0.1, 0.15) is 6.61 Å². The predicted octanol–water partition coefficient (Wildman–Crippen LogP) is 5.18. The molecule has 0 radical (unpaired) electrons. The number of nitrogens with zero attached hydrogens (tertiary/aromatic N) is 1. The molecule has 0 spiro atoms. The van der Waals surface area contributed by atoms with Gasteiger partial charge in [-0.3, -0.25) is 4.79 Å². The minimum atomic E-state index is -2.08. The van der Waals surface area contributed by atoms with E-state index in [2.05, 4.69) is 40.4 Å². The van der Waals surface area contributed by atoms with Crippen LogP contribution in [0.1, 0.15) is 39.7 Å². The molecule has 1 heterocycles. The third-order valence-corrected chi connectivity index (χ3v) is 10.6. The number of amides is 2. The largest absolute Gasteiger partial charge is 0.447 e. The van der Waals surface area contributed by atoms with Crippen LogP contribution in [0.4, 0.5) is 4.79 Å². The van der Waals surface area contributed by atoms with Crippen molar-refractivity contribution in [3.05, 3.63) is 48.6 Å². The third kappa shape index (κ3) is 5.57. The number of cyclic esters (lactones) is 1. The first kappa shape index (κ1) is 23.4. The Labute approximate surface area is 176 Å². The van der Waals surface area contributed by atoms with Gasteiger partial charge in [0.25, 0.3) is 0 Å². The number of imide groups is 1. The molecule has 160 valence electrons. The summed E-state index contributed by atoms with van der Waals surface area (Å²) in [5.41, 5.74) is 1.07. The topological polar surface area (TPSA) is 55.8 Å². The van der Waals surface area contributed by atoms with Gasteiger partial charge in [0.05, 0.1) is 18.1 Å². The molecule has 1 aliphatic heterocycles. The van der Waals surface area contributed by atoms with E-state index in [0.717, 1.165) is 5.56 Å². The lowest BCUT2D eigenvalue weighted by Crippen LogP contribution is -2.50. The van der Waals surface area contributed by atoms with Crippen LogP contribution >= 0.6 is 0 Å². The van der Waals surface area contributed by atoms with Crippen LogP contribution in [-0.2, 0) is 20.4 Å². The number of benzene rings is 1. The van der Waals surface area contributed by atoms with E-state index >= 15 is 0 Å². The van der Waals surface area contributed by atoms with Crippen molar-refractivity contribution in [3.8, 4) is 0 Å². The van der Waals surface area contributed by atoms with Gasteiger partial charge in [-0.15, -0.1) is 6.58 Å². The SMILES string of the molecule is C=CC[C@H](O[Si](C)(C)C(C)(C)C)[C@@H](C)C(=O)N1C(=O)OC[C@H]1Cc1ccccc1. The third-order valence-electron chi connectivity index (χ3n) is 6.11. The molecule has 1 aromatic carbocycles. The maximum Gasteiger partial charge on any atom is 0.416 e. The van der Waals surface area contributed by atoms with Crippen LogP contribution in [0.15, 0.2) is 43.0 Å². The van der Waals surface area contributed by atoms with Crippen molar-refractivity contribution in [2.75, 3.05) is 6.61 Å². The summed E-state index contributed by atoms with van der Waals surface area (Å²) in [7, 11) is -2.08. The van der Waals surface area contributed by atoms with Crippen molar-refractivity contribution in [2.24, 2.45) is 5.92 Å². The predicted molar refractivity (Wildman–Crippen MR) is 118 cm³/mol. The van der Waals surface area contributed by atoms with E-state index < -0.39 is 20.3 Å². The number of hydrogen-bond donors (Lipinski definition) is 0. The Balaban J connectivity index is 2.19. The zero-order valence-corrected chi connectivity index (χ0v) is 19.6. The minimum absolute atomic E-state index is 0.0254. The molecule has 0 saturated carbocycles. The summed E-state index contributed by atoms with van der Waals surface area (Å²) < 4.78 is 11.8. The lowest BCUT2D eigenvalue weighted by molar-refractivity contribution is -0.135. The van der Waals surface area contributed by atoms with Crippen molar-refractivity contribution in [2.45, 2.75) is 70.8 Å². The zero-order chi connectivity index (χ0) is 21.8. The normalized spacial score (nSPS) is 19.6. The molecule has 5 nitrogen and oxygen atoms in total. The highest BCUT2D eigenvalue weighted by Gasteiger charge is 2.44. The second kappa shape index (κ2) is 9.26. The quantitative estimate of drug-likeness (QED) is 0.432. The minimum Gasteiger partial charge on any atom is -0.447 e. The van der Waals surface area contributed by atoms with E-state index in [1.807, 2.05) is 37.3 Å². The van der Waals surface area contributed by atoms with Gasteiger partial charge in [-0.1, -0.05) is 64.1 Å². The van der Waals surface area contributed by atoms with E-state index in [1.165, 1.54) is 4.90 Å². The molecular weight excluding hydrogens is 382 g/mol. The van der Waals surface area contributed by atoms with Crippen molar-refractivity contribution < 1.29 is 18.8 Å². The standard InChI is InChI=1S/C23H35NO4Si/c1-8-12-20(28-29(6,7)23(3,4)5)17(2)21(25)24-19(16-27-22(24)26)15-18-13-10-9-11-14-18/h8-11,13-14,17,19-20H,1,12,15-16H2,2-7H3/t17-,19-,20+/m1/s1. The highest BCUT2D eigenvalue weighted by Crippen LogP contribution is 2.39. The molecule has 3 atom stereocenters. The van der Waals surface area contributed by atoms with Gasteiger partial charge in [0.15, 0.2) is 8.32 Å². The molecule has 1 fully saturated rings. The zero-order valence-electron chi connectivity index (χ0n) is 18.6. The fraction of sp³-hybridized carbons (Fsp3) is 0.565. The number of carbonyl (C=O) groups is 2. The summed E-state index contributed by atoms with van der Waals surface area (Å²) >= 11 is 0. The van der Waals surface area contributed by atoms with Crippen molar-refractivity contribution in [1.82, 2.24) is 4.90 Å². The first-order valence-electron chi connectivity index (χ1n) is 10.3. The van der Waals surface area contributed by atoms with Gasteiger partial charge in [-0.05, 0) is 36.5 Å². The molecule has 2 amide bonds. The summed E-state index contributed by atoms with van der Waals surface area (Å²) in [5.74, 6) is -0.704. The van der Waals surface area contributed by atoms with Gasteiger partial charge in [-0.25, -0.2) is 9.69 Å². The van der Waals surface area contributed by atoms with Gasteiger partial charge >= 0.3 is 6.09 Å². The summed E-state index contributed by atoms with van der Waals surface area (Å²) in [4.78, 5) is 27.0. The summed E-state index contributed by atoms with van der Waals surface area (Å²) in [6.07, 6.45) is 2.05. The highest BCUT2D eigenvalue weighted by molar-refractivity contribution is 6.74. The highest BCUT2D eigenvalue weighted by atomic mass is 28.4. The fourth-order valence-corrected chi connectivity index (χ4v) is 4.63. The summed E-state index contributed by atoms with van der Waals surface area (Å²) in [6, 6.07) is 9.55. The molecule has 0 unspecified atom stereocenters. The van der Waals surface area contributed by atoms with Crippen molar-refractivity contribution in [1.29, 1.82) is 0 Å². The van der Waals surface area contributed by atoms with E-state index in [-0.39, 0.29) is 29.7 Å². The Morgan fingerprint density at radius 2 is 1.97 bits per heavy atom. The van der Waals surface area contributed by atoms with Crippen LogP contribution in [-0.4, -0.2) is 44.0 Å². The Bertz CT molecular complexity index is 726. The number of rotatable bonds is 8. The van der Waals surface area contributed by atoms with Gasteiger partial charge in [0, 0.05) is 0 Å². The number of carbonyl (C=O) groups excluding carboxylic acids is 2. The Morgan fingerprint density at radius 3 is 2.52 bits per heavy atom. The summed E-state index contributed by atoms with van der Waals surface area (Å²) in [5, 5.41) is 0.0254. The molecular formula is C23H35NO4Si. The first-order valence-corrected chi connectivity index (χ1v) is 13.2. The van der Waals surface area contributed by atoms with Crippen molar-refractivity contribution >= 4 is 20.3 Å². The monoisotopic (exact) mass is 417 g/mol. The molecule has 0 bridgehead atoms. The van der Waals surface area contributed by atoms with Gasteiger partial charge < -0.3 is 9.16 Å². The van der Waals surface area contributed by atoms with E-state index in [4.69, 9.17) is 9.16 Å². The first-order chi connectivity index (χ1) is 13.5. The molecule has 1 aliphatic rings. The van der Waals surface area contributed by atoms with Gasteiger partial charge in [0.2, 0.25) is 5.91 Å². The van der Waals surface area contributed by atoms with E-state index in [1.54, 1.807) is 6.08 Å². The van der Waals surface area contributed by atoms with Crippen LogP contribution in [0, 0.1) is 5.92 Å². The van der Waals surface area contributed by atoms with Gasteiger partial charge in [-0.2, -0.15) is 0 Å². The maximum atomic E-state index is 13.3. The van der Waals surface area contributed by atoms with Crippen LogP contribution in [0.2, 0.25) is 18.1 Å². The van der Waals surface area contributed by atoms with E-state index in [9.17, 15) is 9.59 Å². The average Bonchev–Trinajstić information content (AvgIpc) is 3.00. The average molecular weight is 418 g/mol. The molecule has 1 saturated heterocycles. The maximum absolute atomic E-state index is 13.3. The van der Waals surface area contributed by atoms with Crippen LogP contribution in [0.5, 0.6) is 0 Å². The van der Waals surface area contributed by atoms with Crippen LogP contribution < -0.4 is 0 Å². The van der Waals surface area contributed by atoms with Crippen LogP contribution in [0.3, 0.4) is 0 Å². The van der Waals surface area contributed by atoms with Crippen LogP contribution in [0.25, 0.3) is 0 Å². The Kier molecular flexibility index (Phi) is 7.46. The lowest BCUT2D eigenvalue weighted by atomic mass is 9.98. The fourth-order valence-electron chi connectivity index (χ4n) is 3.22.